The van der Waals surface area contributed by atoms with Crippen molar-refractivity contribution < 1.29 is 4.92 Å². The van der Waals surface area contributed by atoms with E-state index in [4.69, 9.17) is 0 Å². The minimum Gasteiger partial charge on any atom is -0.354 e. The zero-order valence-electron chi connectivity index (χ0n) is 12.9. The number of likely N-dealkylation sites (N-methyl/N-ethyl adjacent to an activating group) is 1. The summed E-state index contributed by atoms with van der Waals surface area (Å²) < 4.78 is 0. The van der Waals surface area contributed by atoms with E-state index < -0.39 is 4.92 Å². The first-order valence-corrected chi connectivity index (χ1v) is 7.10. The van der Waals surface area contributed by atoms with Gasteiger partial charge in [-0.2, -0.15) is 4.98 Å². The van der Waals surface area contributed by atoms with Gasteiger partial charge >= 0.3 is 5.69 Å². The van der Waals surface area contributed by atoms with E-state index >= 15 is 0 Å². The van der Waals surface area contributed by atoms with Gasteiger partial charge in [-0.3, -0.25) is 10.1 Å². The van der Waals surface area contributed by atoms with Gasteiger partial charge in [0.05, 0.1) is 4.92 Å². The maximum atomic E-state index is 11.2. The van der Waals surface area contributed by atoms with Crippen LogP contribution in [-0.2, 0) is 0 Å². The Bertz CT molecular complexity index is 521. The number of hydrogen-bond donors (Lipinski definition) is 1. The molecule has 2 unspecified atom stereocenters. The van der Waals surface area contributed by atoms with Gasteiger partial charge in [-0.25, -0.2) is 4.98 Å². The summed E-state index contributed by atoms with van der Waals surface area (Å²) in [5, 5.41) is 14.2. The van der Waals surface area contributed by atoms with Crippen LogP contribution in [0.2, 0.25) is 0 Å². The molecule has 0 aliphatic carbocycles. The molecule has 1 aromatic rings. The van der Waals surface area contributed by atoms with Gasteiger partial charge in [0.15, 0.2) is 0 Å². The zero-order chi connectivity index (χ0) is 15.6. The molecule has 1 N–H and O–H groups in total. The number of nitrogens with zero attached hydrogens (tertiary/aromatic N) is 5. The number of aromatic nitrogens is 2. The Hall–Kier alpha value is -1.96. The second kappa shape index (κ2) is 6.21. The summed E-state index contributed by atoms with van der Waals surface area (Å²) in [5.41, 5.74) is -0.0386. The van der Waals surface area contributed by atoms with E-state index in [1.54, 1.807) is 0 Å². The Morgan fingerprint density at radius 3 is 2.76 bits per heavy atom. The second-order valence-electron chi connectivity index (χ2n) is 5.60. The Labute approximate surface area is 124 Å². The highest BCUT2D eigenvalue weighted by Crippen LogP contribution is 2.31. The number of nitrogens with one attached hydrogen (secondary N) is 1. The van der Waals surface area contributed by atoms with Gasteiger partial charge in [-0.05, 0) is 26.9 Å². The summed E-state index contributed by atoms with van der Waals surface area (Å²) in [6.45, 7) is 6.26. The normalized spacial score (nSPS) is 21.9. The monoisotopic (exact) mass is 294 g/mol. The molecule has 0 spiro atoms. The first-order valence-electron chi connectivity index (χ1n) is 7.10. The highest BCUT2D eigenvalue weighted by atomic mass is 16.6. The molecule has 8 nitrogen and oxygen atoms in total. The highest BCUT2D eigenvalue weighted by molar-refractivity contribution is 5.59. The average Bonchev–Trinajstić information content (AvgIpc) is 2.81. The van der Waals surface area contributed by atoms with Gasteiger partial charge in [0.25, 0.3) is 0 Å². The lowest BCUT2D eigenvalue weighted by atomic mass is 10.1. The van der Waals surface area contributed by atoms with Gasteiger partial charge in [0.2, 0.25) is 11.8 Å². The predicted octanol–water partition coefficient (Wildman–Crippen LogP) is 1.20. The Morgan fingerprint density at radius 2 is 2.24 bits per heavy atom. The molecular formula is C13H22N6O2. The van der Waals surface area contributed by atoms with Crippen LogP contribution in [0.15, 0.2) is 6.20 Å². The summed E-state index contributed by atoms with van der Waals surface area (Å²) in [6, 6.07) is 0.363. The summed E-state index contributed by atoms with van der Waals surface area (Å²) in [7, 11) is 4.06. The smallest absolute Gasteiger partial charge is 0.329 e. The predicted molar refractivity (Wildman–Crippen MR) is 81.7 cm³/mol. The lowest BCUT2D eigenvalue weighted by Crippen LogP contribution is -2.34. The molecule has 1 saturated heterocycles. The standard InChI is InChI=1S/C13H22N6O2/c1-5-14-13-15-6-10(19(20)21)12(16-13)18-7-9(2)11(8-18)17(3)4/h6,9,11H,5,7-8H2,1-4H3,(H,14,15,16). The van der Waals surface area contributed by atoms with Crippen LogP contribution in [-0.4, -0.2) is 59.6 Å². The number of rotatable bonds is 5. The van der Waals surface area contributed by atoms with Crippen LogP contribution in [0.25, 0.3) is 0 Å². The van der Waals surface area contributed by atoms with Gasteiger partial charge in [0, 0.05) is 25.7 Å². The van der Waals surface area contributed by atoms with Crippen LogP contribution in [0.4, 0.5) is 17.5 Å². The molecule has 2 heterocycles. The number of hydrogen-bond acceptors (Lipinski definition) is 7. The van der Waals surface area contributed by atoms with E-state index in [0.29, 0.717) is 30.3 Å². The molecule has 0 aromatic carbocycles. The Kier molecular flexibility index (Phi) is 4.56. The molecule has 0 bridgehead atoms. The highest BCUT2D eigenvalue weighted by Gasteiger charge is 2.35. The fraction of sp³-hybridized carbons (Fsp3) is 0.692. The van der Waals surface area contributed by atoms with Crippen LogP contribution in [0.5, 0.6) is 0 Å². The lowest BCUT2D eigenvalue weighted by molar-refractivity contribution is -0.384. The maximum Gasteiger partial charge on any atom is 0.329 e. The second-order valence-corrected chi connectivity index (χ2v) is 5.60. The quantitative estimate of drug-likeness (QED) is 0.645. The number of anilines is 2. The molecule has 2 atom stereocenters. The van der Waals surface area contributed by atoms with Crippen molar-refractivity contribution in [3.8, 4) is 0 Å². The lowest BCUT2D eigenvalue weighted by Gasteiger charge is -2.22. The summed E-state index contributed by atoms with van der Waals surface area (Å²) >= 11 is 0. The Balaban J connectivity index is 2.33. The molecule has 1 fully saturated rings. The largest absolute Gasteiger partial charge is 0.354 e. The van der Waals surface area contributed by atoms with Crippen LogP contribution in [0.1, 0.15) is 13.8 Å². The summed E-state index contributed by atoms with van der Waals surface area (Å²) in [6.07, 6.45) is 1.29. The van der Waals surface area contributed by atoms with Crippen molar-refractivity contribution in [1.29, 1.82) is 0 Å². The van der Waals surface area contributed by atoms with E-state index in [1.165, 1.54) is 6.20 Å². The van der Waals surface area contributed by atoms with E-state index in [-0.39, 0.29) is 5.69 Å². The van der Waals surface area contributed by atoms with Gasteiger partial charge < -0.3 is 15.1 Å². The topological polar surface area (TPSA) is 87.4 Å². The minimum absolute atomic E-state index is 0.0386. The van der Waals surface area contributed by atoms with Crippen molar-refractivity contribution in [3.63, 3.8) is 0 Å². The van der Waals surface area contributed by atoms with Crippen molar-refractivity contribution >= 4 is 17.5 Å². The maximum absolute atomic E-state index is 11.2. The molecule has 8 heteroatoms. The molecule has 0 saturated carbocycles. The van der Waals surface area contributed by atoms with Gasteiger partial charge in [-0.15, -0.1) is 0 Å². The van der Waals surface area contributed by atoms with Gasteiger partial charge in [0.1, 0.15) is 6.20 Å². The third-order valence-electron chi connectivity index (χ3n) is 3.82. The first-order chi connectivity index (χ1) is 9.93. The summed E-state index contributed by atoms with van der Waals surface area (Å²) in [5.74, 6) is 1.26. The molecule has 1 aliphatic rings. The van der Waals surface area contributed by atoms with Crippen molar-refractivity contribution in [2.45, 2.75) is 19.9 Å². The van der Waals surface area contributed by atoms with Crippen molar-refractivity contribution in [3.05, 3.63) is 16.3 Å². The van der Waals surface area contributed by atoms with E-state index in [0.717, 1.165) is 13.1 Å². The zero-order valence-corrected chi connectivity index (χ0v) is 12.9. The van der Waals surface area contributed by atoms with Crippen molar-refractivity contribution in [2.75, 3.05) is 43.9 Å². The fourth-order valence-corrected chi connectivity index (χ4v) is 2.77. The molecule has 0 amide bonds. The van der Waals surface area contributed by atoms with Crippen molar-refractivity contribution in [2.24, 2.45) is 5.92 Å². The van der Waals surface area contributed by atoms with Crippen LogP contribution < -0.4 is 10.2 Å². The van der Waals surface area contributed by atoms with E-state index in [2.05, 4.69) is 27.1 Å². The Morgan fingerprint density at radius 1 is 1.52 bits per heavy atom. The fourth-order valence-electron chi connectivity index (χ4n) is 2.77. The third kappa shape index (κ3) is 3.21. The minimum atomic E-state index is -0.418. The van der Waals surface area contributed by atoms with Crippen LogP contribution in [0, 0.1) is 16.0 Å². The molecular weight excluding hydrogens is 272 g/mol. The van der Waals surface area contributed by atoms with Crippen LogP contribution >= 0.6 is 0 Å². The molecule has 21 heavy (non-hydrogen) atoms. The van der Waals surface area contributed by atoms with E-state index in [9.17, 15) is 10.1 Å². The molecule has 2 rings (SSSR count). The molecule has 1 aliphatic heterocycles. The third-order valence-corrected chi connectivity index (χ3v) is 3.82. The first kappa shape index (κ1) is 15.4. The average molecular weight is 294 g/mol. The van der Waals surface area contributed by atoms with Gasteiger partial charge in [-0.1, -0.05) is 6.92 Å². The van der Waals surface area contributed by atoms with Crippen LogP contribution in [0.3, 0.4) is 0 Å². The number of nitro groups is 1. The van der Waals surface area contributed by atoms with E-state index in [1.807, 2.05) is 25.9 Å². The SMILES string of the molecule is CCNc1ncc([N+](=O)[O-])c(N2CC(C)C(N(C)C)C2)n1. The molecule has 1 aromatic heterocycles. The molecule has 0 radical (unpaired) electrons. The molecule has 116 valence electrons. The summed E-state index contributed by atoms with van der Waals surface area (Å²) in [4.78, 5) is 23.3. The van der Waals surface area contributed by atoms with Crippen molar-refractivity contribution in [1.82, 2.24) is 14.9 Å².